The van der Waals surface area contributed by atoms with Gasteiger partial charge in [-0.2, -0.15) is 0 Å². The number of hydrogen-bond donors (Lipinski definition) is 0. The van der Waals surface area contributed by atoms with Gasteiger partial charge in [-0.15, -0.1) is 0 Å². The van der Waals surface area contributed by atoms with Gasteiger partial charge in [0.15, 0.2) is 0 Å². The van der Waals surface area contributed by atoms with E-state index in [4.69, 9.17) is 0 Å². The van der Waals surface area contributed by atoms with Crippen LogP contribution in [-0.2, 0) is 6.54 Å². The molecule has 56 heavy (non-hydrogen) atoms. The molecule has 322 valence electrons. The molecule has 0 fully saturated rings. The lowest BCUT2D eigenvalue weighted by Gasteiger charge is -2.38. The number of benzene rings is 2. The minimum atomic E-state index is 0.561. The molecule has 0 N–H and O–H groups in total. The maximum Gasteiger partial charge on any atom is 0.104 e. The Bertz CT molecular complexity index is 1140. The Morgan fingerprint density at radius 2 is 0.714 bits per heavy atom. The van der Waals surface area contributed by atoms with Crippen molar-refractivity contribution in [2.75, 3.05) is 74.5 Å². The normalized spacial score (nSPS) is 13.7. The van der Waals surface area contributed by atoms with Crippen LogP contribution in [-0.4, -0.2) is 88.0 Å². The summed E-state index contributed by atoms with van der Waals surface area (Å²) in [6.45, 7) is 18.4. The van der Waals surface area contributed by atoms with Crippen LogP contribution in [0.5, 0.6) is 0 Å². The molecule has 0 radical (unpaired) electrons. The maximum atomic E-state index is 2.57. The van der Waals surface area contributed by atoms with E-state index >= 15 is 0 Å². The van der Waals surface area contributed by atoms with Crippen LogP contribution >= 0.6 is 0 Å². The standard InChI is InChI=1S/C53H98N3/c1-10-12-14-16-18-20-22-24-26-31-41-54(5,6)43-33-45-56(9,46-34-44-55(7,8)42-32-27-25-23-21-19-17-15-13-11-2)48-51-37-39-53(40-38-51)50(4)47-49(3)52-35-29-28-30-36-52/h28-30,35-40,49-50H,10-27,31-34,41-48H2,1-9H3/q+3. The van der Waals surface area contributed by atoms with Crippen molar-refractivity contribution in [3.63, 3.8) is 0 Å². The number of unbranched alkanes of at least 4 members (excludes halogenated alkanes) is 18. The van der Waals surface area contributed by atoms with Crippen molar-refractivity contribution in [1.29, 1.82) is 0 Å². The molecule has 2 unspecified atom stereocenters. The molecule has 3 nitrogen and oxygen atoms in total. The summed E-state index contributed by atoms with van der Waals surface area (Å²) in [6, 6.07) is 20.9. The molecule has 0 aliphatic rings. The van der Waals surface area contributed by atoms with Gasteiger partial charge in [0.2, 0.25) is 0 Å². The lowest BCUT2D eigenvalue weighted by atomic mass is 9.87. The Morgan fingerprint density at radius 3 is 1.11 bits per heavy atom. The summed E-state index contributed by atoms with van der Waals surface area (Å²) in [5.74, 6) is 1.14. The minimum absolute atomic E-state index is 0.561. The minimum Gasteiger partial charge on any atom is -0.328 e. The van der Waals surface area contributed by atoms with E-state index < -0.39 is 0 Å². The van der Waals surface area contributed by atoms with Crippen LogP contribution in [0.2, 0.25) is 0 Å². The van der Waals surface area contributed by atoms with Gasteiger partial charge >= 0.3 is 0 Å². The second-order valence-corrected chi connectivity index (χ2v) is 20.3. The van der Waals surface area contributed by atoms with Gasteiger partial charge in [0.05, 0.1) is 74.5 Å². The Labute approximate surface area is 351 Å². The quantitative estimate of drug-likeness (QED) is 0.0478. The first-order valence-corrected chi connectivity index (χ1v) is 24.5. The van der Waals surface area contributed by atoms with Gasteiger partial charge in [0.1, 0.15) is 6.54 Å². The summed E-state index contributed by atoms with van der Waals surface area (Å²) in [6.07, 6.45) is 32.3. The zero-order valence-corrected chi connectivity index (χ0v) is 39.4. The fraction of sp³-hybridized carbons (Fsp3) is 0.774. The molecule has 0 heterocycles. The van der Waals surface area contributed by atoms with Crippen molar-refractivity contribution in [3.05, 3.63) is 71.3 Å². The summed E-state index contributed by atoms with van der Waals surface area (Å²) in [7, 11) is 12.5. The third kappa shape index (κ3) is 24.3. The van der Waals surface area contributed by atoms with Crippen LogP contribution < -0.4 is 0 Å². The molecule has 0 aromatic heterocycles. The van der Waals surface area contributed by atoms with E-state index in [9.17, 15) is 0 Å². The van der Waals surface area contributed by atoms with Gasteiger partial charge in [0.25, 0.3) is 0 Å². The molecule has 2 atom stereocenters. The first kappa shape index (κ1) is 50.5. The van der Waals surface area contributed by atoms with Crippen molar-refractivity contribution >= 4 is 0 Å². The van der Waals surface area contributed by atoms with E-state index in [0.29, 0.717) is 11.8 Å². The fourth-order valence-electron chi connectivity index (χ4n) is 9.29. The SMILES string of the molecule is CCCCCCCCCCCC[N+](C)(C)CCC[N+](C)(CCC[N+](C)(C)CCCCCCCCCCCC)Cc1ccc(C(C)CC(C)c2ccccc2)cc1. The van der Waals surface area contributed by atoms with Gasteiger partial charge in [-0.25, -0.2) is 0 Å². The van der Waals surface area contributed by atoms with Crippen molar-refractivity contribution in [2.45, 2.75) is 194 Å². The van der Waals surface area contributed by atoms with Crippen LogP contribution in [0.1, 0.15) is 204 Å². The number of rotatable bonds is 36. The highest BCUT2D eigenvalue weighted by molar-refractivity contribution is 5.26. The zero-order valence-electron chi connectivity index (χ0n) is 39.4. The maximum absolute atomic E-state index is 2.57. The zero-order chi connectivity index (χ0) is 41.0. The van der Waals surface area contributed by atoms with Crippen molar-refractivity contribution in [3.8, 4) is 0 Å². The third-order valence-electron chi connectivity index (χ3n) is 13.3. The first-order valence-electron chi connectivity index (χ1n) is 24.5. The first-order chi connectivity index (χ1) is 26.9. The van der Waals surface area contributed by atoms with Crippen molar-refractivity contribution in [2.24, 2.45) is 0 Å². The molecule has 0 saturated carbocycles. The number of hydrogen-bond acceptors (Lipinski definition) is 0. The molecule has 2 rings (SSSR count). The van der Waals surface area contributed by atoms with Gasteiger partial charge in [-0.05, 0) is 55.1 Å². The second-order valence-electron chi connectivity index (χ2n) is 20.3. The summed E-state index contributed by atoms with van der Waals surface area (Å²) < 4.78 is 3.51. The molecule has 0 bridgehead atoms. The molecule has 2 aromatic carbocycles. The molecular formula is C53H98N3+3. The van der Waals surface area contributed by atoms with E-state index in [0.717, 1.165) is 11.0 Å². The number of nitrogens with zero attached hydrogens (tertiary/aromatic N) is 3. The highest BCUT2D eigenvalue weighted by Crippen LogP contribution is 2.30. The largest absolute Gasteiger partial charge is 0.328 e. The van der Waals surface area contributed by atoms with Gasteiger partial charge in [-0.3, -0.25) is 0 Å². The third-order valence-corrected chi connectivity index (χ3v) is 13.3. The lowest BCUT2D eigenvalue weighted by Crippen LogP contribution is -2.49. The smallest absolute Gasteiger partial charge is 0.104 e. The Morgan fingerprint density at radius 1 is 0.375 bits per heavy atom. The van der Waals surface area contributed by atoms with E-state index in [-0.39, 0.29) is 0 Å². The van der Waals surface area contributed by atoms with Crippen molar-refractivity contribution < 1.29 is 13.4 Å². The Hall–Kier alpha value is -1.68. The van der Waals surface area contributed by atoms with E-state index in [1.54, 1.807) is 0 Å². The highest BCUT2D eigenvalue weighted by atomic mass is 15.4. The molecule has 0 aliphatic heterocycles. The van der Waals surface area contributed by atoms with Crippen LogP contribution in [0, 0.1) is 0 Å². The molecule has 0 amide bonds. The molecule has 0 aliphatic carbocycles. The molecular weight excluding hydrogens is 679 g/mol. The Kier molecular flexibility index (Phi) is 26.6. The molecule has 2 aromatic rings. The van der Waals surface area contributed by atoms with E-state index in [1.807, 2.05) is 0 Å². The molecule has 0 saturated heterocycles. The van der Waals surface area contributed by atoms with Gasteiger partial charge < -0.3 is 13.4 Å². The van der Waals surface area contributed by atoms with Crippen LogP contribution in [0.4, 0.5) is 0 Å². The monoisotopic (exact) mass is 777 g/mol. The predicted octanol–water partition coefficient (Wildman–Crippen LogP) is 14.7. The fourth-order valence-corrected chi connectivity index (χ4v) is 9.29. The van der Waals surface area contributed by atoms with E-state index in [1.165, 1.54) is 213 Å². The Balaban J connectivity index is 1.89. The van der Waals surface area contributed by atoms with Gasteiger partial charge in [-0.1, -0.05) is 185 Å². The predicted molar refractivity (Wildman–Crippen MR) is 251 cm³/mol. The van der Waals surface area contributed by atoms with Crippen molar-refractivity contribution in [1.82, 2.24) is 0 Å². The van der Waals surface area contributed by atoms with Crippen LogP contribution in [0.3, 0.4) is 0 Å². The van der Waals surface area contributed by atoms with Crippen LogP contribution in [0.25, 0.3) is 0 Å². The summed E-state index contributed by atoms with van der Waals surface area (Å²) >= 11 is 0. The summed E-state index contributed by atoms with van der Waals surface area (Å²) in [5, 5.41) is 0. The molecule has 3 heteroatoms. The lowest BCUT2D eigenvalue weighted by molar-refractivity contribution is -0.937. The highest BCUT2D eigenvalue weighted by Gasteiger charge is 2.26. The average molecular weight is 777 g/mol. The topological polar surface area (TPSA) is 0 Å². The number of quaternary nitrogens is 3. The average Bonchev–Trinajstić information content (AvgIpc) is 3.16. The van der Waals surface area contributed by atoms with Crippen LogP contribution in [0.15, 0.2) is 54.6 Å². The summed E-state index contributed by atoms with van der Waals surface area (Å²) in [5.41, 5.74) is 4.46. The van der Waals surface area contributed by atoms with E-state index in [2.05, 4.69) is 118 Å². The second kappa shape index (κ2) is 29.5. The summed E-state index contributed by atoms with van der Waals surface area (Å²) in [4.78, 5) is 0. The molecule has 0 spiro atoms. The van der Waals surface area contributed by atoms with Gasteiger partial charge in [0, 0.05) is 18.4 Å².